The standard InChI is InChI=1S/C14H18ClNOS/c15-13-5-3-11(4-6-13)9-16-14(17)8-12-2-1-7-18-10-12/h3-6,12H,1-2,7-10H2,(H,16,17). The summed E-state index contributed by atoms with van der Waals surface area (Å²) in [5.74, 6) is 3.11. The summed E-state index contributed by atoms with van der Waals surface area (Å²) in [7, 11) is 0. The van der Waals surface area contributed by atoms with E-state index in [2.05, 4.69) is 5.32 Å². The Balaban J connectivity index is 1.72. The fourth-order valence-electron chi connectivity index (χ4n) is 2.11. The topological polar surface area (TPSA) is 29.1 Å². The molecule has 1 aromatic carbocycles. The first-order chi connectivity index (χ1) is 8.74. The molecule has 98 valence electrons. The van der Waals surface area contributed by atoms with Gasteiger partial charge in [0.2, 0.25) is 5.91 Å². The Morgan fingerprint density at radius 3 is 2.83 bits per heavy atom. The molecule has 0 aliphatic carbocycles. The molecule has 1 aliphatic rings. The highest BCUT2D eigenvalue weighted by molar-refractivity contribution is 7.99. The number of rotatable bonds is 4. The van der Waals surface area contributed by atoms with Crippen LogP contribution in [-0.2, 0) is 11.3 Å². The normalized spacial score (nSPS) is 19.5. The molecule has 1 N–H and O–H groups in total. The van der Waals surface area contributed by atoms with Crippen LogP contribution < -0.4 is 5.32 Å². The van der Waals surface area contributed by atoms with Crippen molar-refractivity contribution in [3.63, 3.8) is 0 Å². The maximum Gasteiger partial charge on any atom is 0.220 e. The summed E-state index contributed by atoms with van der Waals surface area (Å²) in [5.41, 5.74) is 1.09. The minimum Gasteiger partial charge on any atom is -0.352 e. The van der Waals surface area contributed by atoms with Gasteiger partial charge in [0.05, 0.1) is 0 Å². The van der Waals surface area contributed by atoms with Gasteiger partial charge in [0.1, 0.15) is 0 Å². The second kappa shape index (κ2) is 7.05. The Morgan fingerprint density at radius 1 is 1.39 bits per heavy atom. The molecule has 2 rings (SSSR count). The molecule has 1 atom stereocenters. The van der Waals surface area contributed by atoms with E-state index in [1.54, 1.807) is 0 Å². The molecule has 0 spiro atoms. The summed E-state index contributed by atoms with van der Waals surface area (Å²) in [6.07, 6.45) is 3.11. The van der Waals surface area contributed by atoms with Gasteiger partial charge in [-0.3, -0.25) is 4.79 Å². The highest BCUT2D eigenvalue weighted by Gasteiger charge is 2.16. The van der Waals surface area contributed by atoms with Crippen LogP contribution in [0.15, 0.2) is 24.3 Å². The minimum absolute atomic E-state index is 0.164. The molecule has 18 heavy (non-hydrogen) atoms. The van der Waals surface area contributed by atoms with Gasteiger partial charge in [0, 0.05) is 18.0 Å². The predicted molar refractivity (Wildman–Crippen MR) is 78.0 cm³/mol. The lowest BCUT2D eigenvalue weighted by Gasteiger charge is -2.20. The van der Waals surface area contributed by atoms with Crippen LogP contribution in [0.25, 0.3) is 0 Å². The van der Waals surface area contributed by atoms with E-state index in [9.17, 15) is 4.79 Å². The first-order valence-corrected chi connectivity index (χ1v) is 7.86. The molecule has 0 saturated carbocycles. The van der Waals surface area contributed by atoms with Crippen molar-refractivity contribution in [3.05, 3.63) is 34.9 Å². The predicted octanol–water partition coefficient (Wildman–Crippen LogP) is 3.49. The van der Waals surface area contributed by atoms with E-state index >= 15 is 0 Å². The smallest absolute Gasteiger partial charge is 0.220 e. The number of amides is 1. The molecule has 2 nitrogen and oxygen atoms in total. The van der Waals surface area contributed by atoms with Crippen LogP contribution in [0.4, 0.5) is 0 Å². The van der Waals surface area contributed by atoms with E-state index in [0.717, 1.165) is 16.3 Å². The quantitative estimate of drug-likeness (QED) is 0.916. The van der Waals surface area contributed by atoms with Gasteiger partial charge in [-0.2, -0.15) is 11.8 Å². The van der Waals surface area contributed by atoms with E-state index < -0.39 is 0 Å². The maximum atomic E-state index is 11.8. The van der Waals surface area contributed by atoms with Crippen LogP contribution in [0.3, 0.4) is 0 Å². The van der Waals surface area contributed by atoms with Gasteiger partial charge in [0.15, 0.2) is 0 Å². The SMILES string of the molecule is O=C(CC1CCCSC1)NCc1ccc(Cl)cc1. The lowest BCUT2D eigenvalue weighted by molar-refractivity contribution is -0.122. The van der Waals surface area contributed by atoms with Gasteiger partial charge in [0.25, 0.3) is 0 Å². The zero-order chi connectivity index (χ0) is 12.8. The molecule has 1 saturated heterocycles. The average molecular weight is 284 g/mol. The van der Waals surface area contributed by atoms with Crippen LogP contribution in [0.2, 0.25) is 5.02 Å². The van der Waals surface area contributed by atoms with Gasteiger partial charge in [-0.1, -0.05) is 23.7 Å². The lowest BCUT2D eigenvalue weighted by Crippen LogP contribution is -2.26. The molecule has 0 bridgehead atoms. The van der Waals surface area contributed by atoms with Crippen LogP contribution >= 0.6 is 23.4 Å². The van der Waals surface area contributed by atoms with Crippen molar-refractivity contribution in [2.75, 3.05) is 11.5 Å². The molecular formula is C14H18ClNOS. The first-order valence-electron chi connectivity index (χ1n) is 6.33. The van der Waals surface area contributed by atoms with Gasteiger partial charge < -0.3 is 5.32 Å². The third-order valence-electron chi connectivity index (χ3n) is 3.13. The molecule has 1 aromatic rings. The Labute approximate surface area is 117 Å². The fraction of sp³-hybridized carbons (Fsp3) is 0.500. The van der Waals surface area contributed by atoms with Gasteiger partial charge >= 0.3 is 0 Å². The second-order valence-corrected chi connectivity index (χ2v) is 6.28. The van der Waals surface area contributed by atoms with E-state index in [-0.39, 0.29) is 5.91 Å². The number of halogens is 1. The zero-order valence-corrected chi connectivity index (χ0v) is 11.9. The molecule has 1 heterocycles. The molecule has 0 aromatic heterocycles. The van der Waals surface area contributed by atoms with Crippen LogP contribution in [0.5, 0.6) is 0 Å². The van der Waals surface area contributed by atoms with Crippen LogP contribution in [0.1, 0.15) is 24.8 Å². The van der Waals surface area contributed by atoms with Crippen LogP contribution in [-0.4, -0.2) is 17.4 Å². The number of hydrogen-bond donors (Lipinski definition) is 1. The van der Waals surface area contributed by atoms with Gasteiger partial charge in [-0.15, -0.1) is 0 Å². The number of benzene rings is 1. The monoisotopic (exact) mass is 283 g/mol. The summed E-state index contributed by atoms with van der Waals surface area (Å²) in [5, 5.41) is 3.70. The fourth-order valence-corrected chi connectivity index (χ4v) is 3.39. The summed E-state index contributed by atoms with van der Waals surface area (Å²) in [4.78, 5) is 11.8. The van der Waals surface area contributed by atoms with Crippen molar-refractivity contribution < 1.29 is 4.79 Å². The Hall–Kier alpha value is -0.670. The third-order valence-corrected chi connectivity index (χ3v) is 4.67. The van der Waals surface area contributed by atoms with Gasteiger partial charge in [-0.25, -0.2) is 0 Å². The summed E-state index contributed by atoms with van der Waals surface area (Å²) in [6, 6.07) is 7.58. The molecule has 1 fully saturated rings. The molecule has 0 radical (unpaired) electrons. The number of carbonyl (C=O) groups excluding carboxylic acids is 1. The zero-order valence-electron chi connectivity index (χ0n) is 10.3. The van der Waals surface area contributed by atoms with Crippen molar-refractivity contribution in [1.82, 2.24) is 5.32 Å². The van der Waals surface area contributed by atoms with Crippen molar-refractivity contribution in [1.29, 1.82) is 0 Å². The number of thioether (sulfide) groups is 1. The molecule has 1 aliphatic heterocycles. The maximum absolute atomic E-state index is 11.8. The largest absolute Gasteiger partial charge is 0.352 e. The summed E-state index contributed by atoms with van der Waals surface area (Å²) >= 11 is 7.78. The summed E-state index contributed by atoms with van der Waals surface area (Å²) in [6.45, 7) is 0.593. The van der Waals surface area contributed by atoms with E-state index in [4.69, 9.17) is 11.6 Å². The lowest BCUT2D eigenvalue weighted by atomic mass is 10.0. The molecule has 4 heteroatoms. The van der Waals surface area contributed by atoms with Crippen molar-refractivity contribution >= 4 is 29.3 Å². The minimum atomic E-state index is 0.164. The van der Waals surface area contributed by atoms with Gasteiger partial charge in [-0.05, 0) is 48.0 Å². The van der Waals surface area contributed by atoms with Crippen molar-refractivity contribution in [2.24, 2.45) is 5.92 Å². The molecule has 1 amide bonds. The van der Waals surface area contributed by atoms with E-state index in [1.165, 1.54) is 18.6 Å². The number of nitrogens with one attached hydrogen (secondary N) is 1. The number of carbonyl (C=O) groups is 1. The Morgan fingerprint density at radius 2 is 2.17 bits per heavy atom. The first kappa shape index (κ1) is 13.8. The molecule has 1 unspecified atom stereocenters. The number of hydrogen-bond acceptors (Lipinski definition) is 2. The van der Waals surface area contributed by atoms with E-state index in [0.29, 0.717) is 18.9 Å². The highest BCUT2D eigenvalue weighted by Crippen LogP contribution is 2.24. The molecular weight excluding hydrogens is 266 g/mol. The van der Waals surface area contributed by atoms with E-state index in [1.807, 2.05) is 36.0 Å². The second-order valence-electron chi connectivity index (χ2n) is 4.69. The van der Waals surface area contributed by atoms with Crippen LogP contribution in [0, 0.1) is 5.92 Å². The Kier molecular flexibility index (Phi) is 5.39. The highest BCUT2D eigenvalue weighted by atomic mass is 35.5. The Bertz CT molecular complexity index is 387. The third kappa shape index (κ3) is 4.54. The van der Waals surface area contributed by atoms with Crippen molar-refractivity contribution in [2.45, 2.75) is 25.8 Å². The summed E-state index contributed by atoms with van der Waals surface area (Å²) < 4.78 is 0. The average Bonchev–Trinajstić information content (AvgIpc) is 2.39. The van der Waals surface area contributed by atoms with Crippen molar-refractivity contribution in [3.8, 4) is 0 Å².